The third kappa shape index (κ3) is 3.72. The molecule has 0 spiro atoms. The van der Waals surface area contributed by atoms with Crippen molar-refractivity contribution in [1.82, 2.24) is 15.1 Å². The monoisotopic (exact) mass is 355 g/mol. The summed E-state index contributed by atoms with van der Waals surface area (Å²) >= 11 is 5.85. The van der Waals surface area contributed by atoms with E-state index < -0.39 is 5.91 Å². The Morgan fingerprint density at radius 2 is 1.88 bits per heavy atom. The Morgan fingerprint density at radius 3 is 2.60 bits per heavy atom. The Hall–Kier alpha value is -2.66. The smallest absolute Gasteiger partial charge is 0.275 e. The fourth-order valence-corrected chi connectivity index (χ4v) is 2.81. The van der Waals surface area contributed by atoms with Crippen molar-refractivity contribution < 1.29 is 4.79 Å². The van der Waals surface area contributed by atoms with Crippen molar-refractivity contribution in [3.8, 4) is 0 Å². The number of aromatic nitrogens is 2. The van der Waals surface area contributed by atoms with Gasteiger partial charge >= 0.3 is 0 Å². The van der Waals surface area contributed by atoms with Crippen molar-refractivity contribution in [2.45, 2.75) is 19.9 Å². The molecule has 0 saturated carbocycles. The number of benzene rings is 2. The van der Waals surface area contributed by atoms with Crippen LogP contribution < -0.4 is 10.7 Å². The van der Waals surface area contributed by atoms with E-state index in [9.17, 15) is 9.59 Å². The molecular formula is C19H18ClN3O2. The average Bonchev–Trinajstić information content (AvgIpc) is 2.64. The molecule has 0 unspecified atom stereocenters. The molecule has 1 amide bonds. The highest BCUT2D eigenvalue weighted by Crippen LogP contribution is 2.10. The van der Waals surface area contributed by atoms with E-state index in [1.54, 1.807) is 16.8 Å². The van der Waals surface area contributed by atoms with Crippen molar-refractivity contribution in [2.24, 2.45) is 0 Å². The van der Waals surface area contributed by atoms with E-state index in [4.69, 9.17) is 11.6 Å². The molecule has 0 aliphatic rings. The van der Waals surface area contributed by atoms with Gasteiger partial charge in [0, 0.05) is 23.5 Å². The van der Waals surface area contributed by atoms with Gasteiger partial charge in [-0.3, -0.25) is 14.3 Å². The molecule has 0 aliphatic carbocycles. The van der Waals surface area contributed by atoms with Gasteiger partial charge in [0.15, 0.2) is 5.69 Å². The molecule has 0 aliphatic heterocycles. The summed E-state index contributed by atoms with van der Waals surface area (Å²) in [6, 6.07) is 14.6. The van der Waals surface area contributed by atoms with Crippen molar-refractivity contribution in [1.29, 1.82) is 0 Å². The van der Waals surface area contributed by atoms with Crippen molar-refractivity contribution >= 4 is 28.4 Å². The number of carbonyl (C=O) groups is 1. The summed E-state index contributed by atoms with van der Waals surface area (Å²) in [7, 11) is 0. The second kappa shape index (κ2) is 7.49. The van der Waals surface area contributed by atoms with Gasteiger partial charge in [-0.05, 0) is 43.2 Å². The second-order valence-corrected chi connectivity index (χ2v) is 6.08. The molecule has 0 fully saturated rings. The normalized spacial score (nSPS) is 10.8. The Labute approximate surface area is 150 Å². The molecule has 0 atom stereocenters. The summed E-state index contributed by atoms with van der Waals surface area (Å²) in [5, 5.41) is 8.18. The Morgan fingerprint density at radius 1 is 1.16 bits per heavy atom. The van der Waals surface area contributed by atoms with Gasteiger partial charge in [-0.2, -0.15) is 5.10 Å². The van der Waals surface area contributed by atoms with Crippen LogP contribution in [0.2, 0.25) is 5.02 Å². The van der Waals surface area contributed by atoms with Gasteiger partial charge in [0.05, 0.1) is 5.52 Å². The topological polar surface area (TPSA) is 64.0 Å². The van der Waals surface area contributed by atoms with Crippen LogP contribution in [0.15, 0.2) is 53.3 Å². The number of hydrogen-bond acceptors (Lipinski definition) is 3. The first-order valence-electron chi connectivity index (χ1n) is 8.12. The Kier molecular flexibility index (Phi) is 5.14. The molecule has 3 aromatic rings. The maximum Gasteiger partial charge on any atom is 0.275 e. The summed E-state index contributed by atoms with van der Waals surface area (Å²) in [5.41, 5.74) is 1.37. The van der Waals surface area contributed by atoms with Gasteiger partial charge < -0.3 is 5.32 Å². The largest absolute Gasteiger partial charge is 0.350 e. The van der Waals surface area contributed by atoms with Crippen LogP contribution in [-0.4, -0.2) is 22.2 Å². The number of carbonyl (C=O) groups excluding carboxylic acids is 1. The van der Waals surface area contributed by atoms with E-state index in [-0.39, 0.29) is 11.1 Å². The highest BCUT2D eigenvalue weighted by atomic mass is 35.5. The molecule has 1 N–H and O–H groups in total. The minimum atomic E-state index is -0.452. The molecule has 1 aromatic heterocycles. The van der Waals surface area contributed by atoms with E-state index in [1.807, 2.05) is 43.3 Å². The van der Waals surface area contributed by atoms with Crippen molar-refractivity contribution in [3.05, 3.63) is 75.0 Å². The number of aryl methyl sites for hydroxylation is 1. The molecule has 6 heteroatoms. The number of hydrogen-bond donors (Lipinski definition) is 1. The van der Waals surface area contributed by atoms with Gasteiger partial charge in [-0.1, -0.05) is 35.9 Å². The number of rotatable bonds is 5. The van der Waals surface area contributed by atoms with Gasteiger partial charge in [0.25, 0.3) is 5.91 Å². The first kappa shape index (κ1) is 17.2. The van der Waals surface area contributed by atoms with E-state index in [0.29, 0.717) is 29.9 Å². The van der Waals surface area contributed by atoms with Gasteiger partial charge in [0.2, 0.25) is 5.43 Å². The van der Waals surface area contributed by atoms with Crippen LogP contribution in [0, 0.1) is 0 Å². The lowest BCUT2D eigenvalue weighted by Gasteiger charge is -2.10. The van der Waals surface area contributed by atoms with E-state index in [1.165, 1.54) is 0 Å². The average molecular weight is 356 g/mol. The quantitative estimate of drug-likeness (QED) is 0.765. The van der Waals surface area contributed by atoms with Crippen LogP contribution in [0.1, 0.15) is 23.0 Å². The van der Waals surface area contributed by atoms with E-state index >= 15 is 0 Å². The number of amides is 1. The first-order valence-corrected chi connectivity index (χ1v) is 8.50. The van der Waals surface area contributed by atoms with Crippen LogP contribution in [0.25, 0.3) is 10.9 Å². The van der Waals surface area contributed by atoms with Crippen LogP contribution in [0.3, 0.4) is 0 Å². The van der Waals surface area contributed by atoms with Crippen molar-refractivity contribution in [3.63, 3.8) is 0 Å². The maximum atomic E-state index is 12.6. The molecule has 1 heterocycles. The molecule has 128 valence electrons. The molecular weight excluding hydrogens is 338 g/mol. The zero-order valence-electron chi connectivity index (χ0n) is 13.8. The summed E-state index contributed by atoms with van der Waals surface area (Å²) in [6.07, 6.45) is 0.651. The van der Waals surface area contributed by atoms with E-state index in [2.05, 4.69) is 10.4 Å². The summed E-state index contributed by atoms with van der Waals surface area (Å²) in [5.74, 6) is -0.452. The SMILES string of the molecule is CCn1nc(C(=O)NCCc2ccc(Cl)cc2)c(=O)c2ccccc21. The van der Waals surface area contributed by atoms with Gasteiger partial charge in [-0.15, -0.1) is 0 Å². The zero-order chi connectivity index (χ0) is 17.8. The van der Waals surface area contributed by atoms with Crippen molar-refractivity contribution in [2.75, 3.05) is 6.54 Å². The van der Waals surface area contributed by atoms with E-state index in [0.717, 1.165) is 11.1 Å². The maximum absolute atomic E-state index is 12.6. The number of nitrogens with one attached hydrogen (secondary N) is 1. The zero-order valence-corrected chi connectivity index (χ0v) is 14.6. The van der Waals surface area contributed by atoms with Crippen LogP contribution in [0.4, 0.5) is 0 Å². The fourth-order valence-electron chi connectivity index (χ4n) is 2.68. The van der Waals surface area contributed by atoms with Gasteiger partial charge in [-0.25, -0.2) is 0 Å². The minimum absolute atomic E-state index is 0.0725. The molecule has 5 nitrogen and oxygen atoms in total. The molecule has 25 heavy (non-hydrogen) atoms. The Balaban J connectivity index is 1.79. The molecule has 0 radical (unpaired) electrons. The first-order chi connectivity index (χ1) is 12.1. The lowest BCUT2D eigenvalue weighted by molar-refractivity contribution is 0.0946. The molecule has 0 saturated heterocycles. The molecule has 3 rings (SSSR count). The predicted molar refractivity (Wildman–Crippen MR) is 99.2 cm³/mol. The summed E-state index contributed by atoms with van der Waals surface area (Å²) in [4.78, 5) is 25.0. The number of para-hydroxylation sites is 1. The van der Waals surface area contributed by atoms with Gasteiger partial charge in [0.1, 0.15) is 0 Å². The molecule has 2 aromatic carbocycles. The number of nitrogens with zero attached hydrogens (tertiary/aromatic N) is 2. The number of halogens is 1. The third-order valence-corrected chi connectivity index (χ3v) is 4.24. The minimum Gasteiger partial charge on any atom is -0.350 e. The number of fused-ring (bicyclic) bond motifs is 1. The van der Waals surface area contributed by atoms with Crippen LogP contribution >= 0.6 is 11.6 Å². The summed E-state index contributed by atoms with van der Waals surface area (Å²) in [6.45, 7) is 2.92. The van der Waals surface area contributed by atoms with Crippen LogP contribution in [-0.2, 0) is 13.0 Å². The molecule has 0 bridgehead atoms. The highest BCUT2D eigenvalue weighted by molar-refractivity contribution is 6.30. The Bertz CT molecular complexity index is 965. The summed E-state index contributed by atoms with van der Waals surface area (Å²) < 4.78 is 1.67. The predicted octanol–water partition coefficient (Wildman–Crippen LogP) is 3.04. The lowest BCUT2D eigenvalue weighted by atomic mass is 10.1. The fraction of sp³-hybridized carbons (Fsp3) is 0.211. The standard InChI is InChI=1S/C19H18ClN3O2/c1-2-23-16-6-4-3-5-15(16)18(24)17(22-23)19(25)21-12-11-13-7-9-14(20)10-8-13/h3-10H,2,11-12H2,1H3,(H,21,25). The van der Waals surface area contributed by atoms with Crippen LogP contribution in [0.5, 0.6) is 0 Å². The third-order valence-electron chi connectivity index (χ3n) is 3.99. The highest BCUT2D eigenvalue weighted by Gasteiger charge is 2.16. The lowest BCUT2D eigenvalue weighted by Crippen LogP contribution is -2.33. The second-order valence-electron chi connectivity index (χ2n) is 5.64.